The third-order valence-corrected chi connectivity index (χ3v) is 12.5. The van der Waals surface area contributed by atoms with Gasteiger partial charge in [0.15, 0.2) is 17.7 Å². The Morgan fingerprint density at radius 2 is 1.86 bits per heavy atom. The molecule has 7 atom stereocenters. The fraction of sp³-hybridized carbons (Fsp3) is 0.647. The number of carbonyl (C=O) groups is 2. The topological polar surface area (TPSA) is 104 Å². The highest BCUT2D eigenvalue weighted by atomic mass is 16.8. The van der Waals surface area contributed by atoms with Gasteiger partial charge in [-0.1, -0.05) is 32.0 Å². The molecule has 2 N–H and O–H groups in total. The minimum Gasteiger partial charge on any atom is -0.382 e. The maximum atomic E-state index is 13.6. The summed E-state index contributed by atoms with van der Waals surface area (Å²) in [7, 11) is 2.06. The van der Waals surface area contributed by atoms with Crippen LogP contribution in [0.25, 0.3) is 10.9 Å². The summed E-state index contributed by atoms with van der Waals surface area (Å²) in [6.45, 7) is 11.1. The number of nitrogens with one attached hydrogen (secondary N) is 1. The van der Waals surface area contributed by atoms with Gasteiger partial charge in [0.2, 0.25) is 5.91 Å². The first-order chi connectivity index (χ1) is 20.3. The molecule has 3 aliphatic heterocycles. The van der Waals surface area contributed by atoms with Crippen LogP contribution >= 0.6 is 0 Å². The highest BCUT2D eigenvalue weighted by Gasteiger charge is 2.78. The summed E-state index contributed by atoms with van der Waals surface area (Å²) in [6.07, 6.45) is 2.70. The Kier molecular flexibility index (Phi) is 5.71. The lowest BCUT2D eigenvalue weighted by Gasteiger charge is -2.67. The van der Waals surface area contributed by atoms with Crippen molar-refractivity contribution in [3.63, 3.8) is 0 Å². The molecule has 6 aliphatic rings. The smallest absolute Gasteiger partial charge is 0.248 e. The second kappa shape index (κ2) is 8.79. The van der Waals surface area contributed by atoms with E-state index in [0.29, 0.717) is 37.9 Å². The van der Waals surface area contributed by atoms with E-state index in [1.165, 1.54) is 10.9 Å². The molecule has 4 heterocycles. The van der Waals surface area contributed by atoms with Crippen LogP contribution in [0.2, 0.25) is 0 Å². The van der Waals surface area contributed by atoms with Crippen molar-refractivity contribution in [1.29, 1.82) is 0 Å². The van der Waals surface area contributed by atoms with Gasteiger partial charge in [0.25, 0.3) is 0 Å². The van der Waals surface area contributed by atoms with E-state index in [-0.39, 0.29) is 24.2 Å². The van der Waals surface area contributed by atoms with Gasteiger partial charge >= 0.3 is 0 Å². The summed E-state index contributed by atoms with van der Waals surface area (Å²) >= 11 is 0. The number of rotatable bonds is 3. The van der Waals surface area contributed by atoms with Crippen molar-refractivity contribution >= 4 is 22.6 Å². The van der Waals surface area contributed by atoms with Crippen molar-refractivity contribution < 1.29 is 28.9 Å². The second-order valence-electron chi connectivity index (χ2n) is 14.9. The van der Waals surface area contributed by atoms with Crippen LogP contribution in [0.3, 0.4) is 0 Å². The molecule has 3 aliphatic carbocycles. The van der Waals surface area contributed by atoms with Crippen LogP contribution in [0.1, 0.15) is 58.2 Å². The van der Waals surface area contributed by atoms with Crippen molar-refractivity contribution in [3.8, 4) is 0 Å². The molecular weight excluding hydrogens is 546 g/mol. The molecule has 2 saturated heterocycles. The molecule has 1 aromatic carbocycles. The van der Waals surface area contributed by atoms with E-state index in [1.807, 2.05) is 24.8 Å². The lowest BCUT2D eigenvalue weighted by molar-refractivity contribution is -0.280. The van der Waals surface area contributed by atoms with Gasteiger partial charge in [-0.3, -0.25) is 9.59 Å². The number of para-hydroxylation sites is 1. The number of aromatic amines is 1. The van der Waals surface area contributed by atoms with Gasteiger partial charge in [-0.25, -0.2) is 0 Å². The van der Waals surface area contributed by atoms with Gasteiger partial charge in [-0.15, -0.1) is 0 Å². The predicted octanol–water partition coefficient (Wildman–Crippen LogP) is 3.09. The number of fused-ring (bicyclic) bond motifs is 9. The minimum atomic E-state index is -1.61. The molecule has 2 unspecified atom stereocenters. The maximum absolute atomic E-state index is 13.6. The number of carbonyl (C=O) groups excluding carboxylic acids is 2. The van der Waals surface area contributed by atoms with E-state index in [4.69, 9.17) is 14.2 Å². The molecule has 9 nitrogen and oxygen atoms in total. The van der Waals surface area contributed by atoms with Crippen LogP contribution in [0.5, 0.6) is 0 Å². The van der Waals surface area contributed by atoms with Crippen molar-refractivity contribution in [3.05, 3.63) is 47.2 Å². The SMILES string of the molecule is CN1CCN(C(=O)CO[C@H]2C[C@H]3Cc4c([nH]c5ccccc45)[C@]3(C)C3(C)CC[C@@]45OC(C(=O)C=C4[C@]23O)C(C)(C)O5)CC1. The molecule has 43 heavy (non-hydrogen) atoms. The van der Waals surface area contributed by atoms with Gasteiger partial charge in [0.1, 0.15) is 17.8 Å². The Morgan fingerprint density at radius 3 is 2.63 bits per heavy atom. The maximum Gasteiger partial charge on any atom is 0.248 e. The van der Waals surface area contributed by atoms with Gasteiger partial charge in [0.05, 0.1) is 6.10 Å². The zero-order valence-electron chi connectivity index (χ0n) is 25.9. The number of hydrogen-bond acceptors (Lipinski definition) is 7. The Hall–Kier alpha value is -2.56. The first-order valence-corrected chi connectivity index (χ1v) is 15.9. The monoisotopic (exact) mass is 589 g/mol. The van der Waals surface area contributed by atoms with Gasteiger partial charge in [-0.2, -0.15) is 0 Å². The van der Waals surface area contributed by atoms with Crippen LogP contribution < -0.4 is 0 Å². The number of hydrogen-bond donors (Lipinski definition) is 2. The molecule has 230 valence electrons. The van der Waals surface area contributed by atoms with Crippen molar-refractivity contribution in [2.75, 3.05) is 39.8 Å². The minimum absolute atomic E-state index is 0.0665. The molecular formula is C34H43N3O6. The molecule has 1 aromatic heterocycles. The number of nitrogens with zero attached hydrogens (tertiary/aromatic N) is 2. The number of ketones is 1. The molecule has 2 saturated carbocycles. The lowest BCUT2D eigenvalue weighted by Crippen LogP contribution is -2.75. The summed E-state index contributed by atoms with van der Waals surface area (Å²) < 4.78 is 19.7. The molecule has 1 spiro atoms. The van der Waals surface area contributed by atoms with Gasteiger partial charge in [0, 0.05) is 65.6 Å². The Morgan fingerprint density at radius 1 is 1.12 bits per heavy atom. The first kappa shape index (κ1) is 28.0. The fourth-order valence-corrected chi connectivity index (χ4v) is 9.91. The van der Waals surface area contributed by atoms with Gasteiger partial charge < -0.3 is 34.1 Å². The highest BCUT2D eigenvalue weighted by Crippen LogP contribution is 2.72. The number of aliphatic hydroxyl groups is 1. The molecule has 8 rings (SSSR count). The first-order valence-electron chi connectivity index (χ1n) is 15.9. The van der Waals surface area contributed by atoms with E-state index in [1.54, 1.807) is 6.08 Å². The molecule has 9 heteroatoms. The van der Waals surface area contributed by atoms with Crippen LogP contribution in [0, 0.1) is 11.3 Å². The average Bonchev–Trinajstić information content (AvgIpc) is 3.56. The van der Waals surface area contributed by atoms with E-state index in [0.717, 1.165) is 30.7 Å². The Labute approximate surface area is 252 Å². The van der Waals surface area contributed by atoms with Crippen molar-refractivity contribution in [2.45, 2.75) is 88.0 Å². The Balaban J connectivity index is 1.24. The molecule has 0 radical (unpaired) electrons. The number of amides is 1. The summed E-state index contributed by atoms with van der Waals surface area (Å²) in [5, 5.41) is 14.6. The lowest BCUT2D eigenvalue weighted by atomic mass is 9.41. The summed E-state index contributed by atoms with van der Waals surface area (Å²) in [5.74, 6) is -1.29. The quantitative estimate of drug-likeness (QED) is 0.567. The second-order valence-corrected chi connectivity index (χ2v) is 14.9. The number of benzene rings is 1. The van der Waals surface area contributed by atoms with E-state index >= 15 is 0 Å². The van der Waals surface area contributed by atoms with Crippen LogP contribution in [0.4, 0.5) is 0 Å². The number of H-pyrrole nitrogens is 1. The highest BCUT2D eigenvalue weighted by molar-refractivity contribution is 5.97. The number of likely N-dealkylation sites (N-methyl/N-ethyl adjacent to an activating group) is 1. The predicted molar refractivity (Wildman–Crippen MR) is 159 cm³/mol. The zero-order chi connectivity index (χ0) is 30.2. The van der Waals surface area contributed by atoms with E-state index in [2.05, 4.69) is 49.0 Å². The number of piperazine rings is 1. The zero-order valence-corrected chi connectivity index (χ0v) is 25.9. The van der Waals surface area contributed by atoms with Crippen LogP contribution in [0.15, 0.2) is 35.9 Å². The molecule has 2 bridgehead atoms. The normalized spacial score (nSPS) is 41.4. The fourth-order valence-electron chi connectivity index (χ4n) is 9.91. The van der Waals surface area contributed by atoms with Crippen LogP contribution in [-0.4, -0.2) is 101 Å². The molecule has 1 amide bonds. The van der Waals surface area contributed by atoms with E-state index in [9.17, 15) is 14.7 Å². The Bertz CT molecular complexity index is 1570. The third-order valence-electron chi connectivity index (χ3n) is 12.5. The number of ether oxygens (including phenoxy) is 3. The van der Waals surface area contributed by atoms with Gasteiger partial charge in [-0.05, 0) is 63.8 Å². The number of aromatic nitrogens is 1. The van der Waals surface area contributed by atoms with Crippen molar-refractivity contribution in [1.82, 2.24) is 14.8 Å². The third kappa shape index (κ3) is 3.40. The summed E-state index contributed by atoms with van der Waals surface area (Å²) in [6, 6.07) is 8.40. The standard InChI is InChI=1S/C34H43N3O6/c1-30(2)29-24(38)18-25-33(42-29,43-30)11-10-31(3)32(4)20(16-22-21-8-6-7-9-23(21)35-28(22)32)17-26(34(25,31)40)41-19-27(39)37-14-12-36(5)13-15-37/h6-9,18,20,26,29,35,40H,10-17,19H2,1-5H3/t20-,26+,29?,31?,32-,33+,34+/m1/s1. The summed E-state index contributed by atoms with van der Waals surface area (Å²) in [5.41, 5.74) is 0.378. The van der Waals surface area contributed by atoms with E-state index < -0.39 is 40.0 Å². The average molecular weight is 590 g/mol. The largest absolute Gasteiger partial charge is 0.382 e. The van der Waals surface area contributed by atoms with Crippen molar-refractivity contribution in [2.24, 2.45) is 11.3 Å². The summed E-state index contributed by atoms with van der Waals surface area (Å²) in [4.78, 5) is 34.8. The molecule has 2 aromatic rings. The molecule has 4 fully saturated rings. The van der Waals surface area contributed by atoms with Crippen LogP contribution in [-0.2, 0) is 35.6 Å².